The van der Waals surface area contributed by atoms with Crippen molar-refractivity contribution in [1.82, 2.24) is 29.2 Å². The molecule has 0 unspecified atom stereocenters. The van der Waals surface area contributed by atoms with E-state index < -0.39 is 0 Å². The monoisotopic (exact) mass is 538 g/mol. The maximum Gasteiger partial charge on any atom is 0.275 e. The summed E-state index contributed by atoms with van der Waals surface area (Å²) in [5.74, 6) is 0.846. The topological polar surface area (TPSA) is 93.3 Å². The van der Waals surface area contributed by atoms with Crippen LogP contribution in [0.5, 0.6) is 0 Å². The van der Waals surface area contributed by atoms with Crippen LogP contribution < -0.4 is 15.8 Å². The van der Waals surface area contributed by atoms with Crippen LogP contribution in [0.15, 0.2) is 23.1 Å². The van der Waals surface area contributed by atoms with E-state index in [4.69, 9.17) is 4.74 Å². The summed E-state index contributed by atoms with van der Waals surface area (Å²) in [5, 5.41) is 8.67. The number of pyridine rings is 1. The Balaban J connectivity index is 1.36. The summed E-state index contributed by atoms with van der Waals surface area (Å²) in [4.78, 5) is 28.1. The second-order valence-electron chi connectivity index (χ2n) is 10.0. The van der Waals surface area contributed by atoms with Gasteiger partial charge in [-0.2, -0.15) is 5.10 Å². The molecule has 2 aliphatic heterocycles. The van der Waals surface area contributed by atoms with Gasteiger partial charge in [0, 0.05) is 43.7 Å². The maximum absolute atomic E-state index is 15.3. The van der Waals surface area contributed by atoms with Crippen molar-refractivity contribution in [3.8, 4) is 10.4 Å². The summed E-state index contributed by atoms with van der Waals surface area (Å²) in [7, 11) is 3.81. The molecule has 0 aliphatic carbocycles. The van der Waals surface area contributed by atoms with Gasteiger partial charge in [0.1, 0.15) is 28.8 Å². The Kier molecular flexibility index (Phi) is 6.40. The lowest BCUT2D eigenvalue weighted by molar-refractivity contribution is 0.122. The standard InChI is InChI=1S/C26H31FN8O2S/c1-15(23-19(27)12-22(38-23)18-13-28-35-6-5-32(3)14-21(18)35)29-24-17-11-20(34-7-9-37-10-8-34)26(36)33(4)25(17)31-16(2)30-24/h11-13,15H,5-10,14H2,1-4H3,(H,29,30,31)/t15-/m1/s1. The average Bonchev–Trinajstić information content (AvgIpc) is 3.49. The maximum atomic E-state index is 15.3. The smallest absolute Gasteiger partial charge is 0.275 e. The van der Waals surface area contributed by atoms with Crippen LogP contribution in [-0.2, 0) is 24.9 Å². The number of ether oxygens (including phenoxy) is 1. The van der Waals surface area contributed by atoms with E-state index in [0.29, 0.717) is 54.2 Å². The molecule has 200 valence electrons. The molecule has 12 heteroatoms. The molecule has 6 rings (SSSR count). The molecule has 0 saturated carbocycles. The minimum Gasteiger partial charge on any atom is -0.378 e. The molecule has 0 bridgehead atoms. The van der Waals surface area contributed by atoms with Crippen molar-refractivity contribution in [3.05, 3.63) is 50.9 Å². The van der Waals surface area contributed by atoms with Gasteiger partial charge in [-0.1, -0.05) is 0 Å². The number of aryl methyl sites for hydroxylation is 2. The van der Waals surface area contributed by atoms with E-state index in [2.05, 4.69) is 32.3 Å². The van der Waals surface area contributed by atoms with Crippen LogP contribution in [0.25, 0.3) is 21.5 Å². The largest absolute Gasteiger partial charge is 0.378 e. The summed E-state index contributed by atoms with van der Waals surface area (Å²) in [6.07, 6.45) is 1.84. The Morgan fingerprint density at radius 1 is 1.13 bits per heavy atom. The summed E-state index contributed by atoms with van der Waals surface area (Å²) in [6, 6.07) is 3.10. The van der Waals surface area contributed by atoms with Gasteiger partial charge in [0.2, 0.25) is 0 Å². The first-order valence-electron chi connectivity index (χ1n) is 12.8. The van der Waals surface area contributed by atoms with Crippen LogP contribution in [-0.4, -0.2) is 69.1 Å². The van der Waals surface area contributed by atoms with Gasteiger partial charge in [0.25, 0.3) is 5.56 Å². The molecule has 4 aromatic heterocycles. The molecule has 6 heterocycles. The third-order valence-electron chi connectivity index (χ3n) is 7.30. The van der Waals surface area contributed by atoms with Crippen molar-refractivity contribution in [2.45, 2.75) is 33.0 Å². The van der Waals surface area contributed by atoms with Crippen molar-refractivity contribution in [3.63, 3.8) is 0 Å². The van der Waals surface area contributed by atoms with E-state index in [1.165, 1.54) is 11.3 Å². The molecule has 4 aromatic rings. The number of aromatic nitrogens is 5. The van der Waals surface area contributed by atoms with E-state index in [1.54, 1.807) is 24.6 Å². The number of hydrogen-bond acceptors (Lipinski definition) is 9. The zero-order valence-corrected chi connectivity index (χ0v) is 22.8. The number of hydrogen-bond donors (Lipinski definition) is 1. The number of fused-ring (bicyclic) bond motifs is 2. The molecule has 1 saturated heterocycles. The zero-order chi connectivity index (χ0) is 26.6. The molecular formula is C26H31FN8O2S. The highest BCUT2D eigenvalue weighted by Crippen LogP contribution is 2.38. The fourth-order valence-corrected chi connectivity index (χ4v) is 6.29. The van der Waals surface area contributed by atoms with Gasteiger partial charge < -0.3 is 15.0 Å². The zero-order valence-electron chi connectivity index (χ0n) is 22.0. The van der Waals surface area contributed by atoms with Crippen LogP contribution in [0.1, 0.15) is 29.4 Å². The highest BCUT2D eigenvalue weighted by Gasteiger charge is 2.24. The second-order valence-corrected chi connectivity index (χ2v) is 11.1. The molecule has 0 spiro atoms. The van der Waals surface area contributed by atoms with E-state index >= 15 is 4.39 Å². The predicted molar refractivity (Wildman–Crippen MR) is 146 cm³/mol. The number of halogens is 1. The van der Waals surface area contributed by atoms with Gasteiger partial charge in [-0.25, -0.2) is 14.4 Å². The van der Waals surface area contributed by atoms with Crippen molar-refractivity contribution in [1.29, 1.82) is 0 Å². The molecule has 10 nitrogen and oxygen atoms in total. The van der Waals surface area contributed by atoms with Gasteiger partial charge in [-0.3, -0.25) is 18.9 Å². The first kappa shape index (κ1) is 25.0. The van der Waals surface area contributed by atoms with E-state index in [9.17, 15) is 4.79 Å². The van der Waals surface area contributed by atoms with Crippen LogP contribution in [0.2, 0.25) is 0 Å². The quantitative estimate of drug-likeness (QED) is 0.414. The molecule has 1 N–H and O–H groups in total. The van der Waals surface area contributed by atoms with Crippen LogP contribution in [0.4, 0.5) is 15.9 Å². The Morgan fingerprint density at radius 3 is 2.71 bits per heavy atom. The Labute approximate surface area is 223 Å². The highest BCUT2D eigenvalue weighted by atomic mass is 32.1. The lowest BCUT2D eigenvalue weighted by Crippen LogP contribution is -2.40. The van der Waals surface area contributed by atoms with Crippen molar-refractivity contribution >= 4 is 33.9 Å². The molecule has 2 aliphatic rings. The molecule has 1 atom stereocenters. The van der Waals surface area contributed by atoms with Crippen LogP contribution in [0.3, 0.4) is 0 Å². The Morgan fingerprint density at radius 2 is 1.92 bits per heavy atom. The van der Waals surface area contributed by atoms with E-state index in [1.807, 2.05) is 28.8 Å². The van der Waals surface area contributed by atoms with Gasteiger partial charge in [-0.05, 0) is 33.0 Å². The minimum atomic E-state index is -0.357. The SMILES string of the molecule is Cc1nc(N[C@H](C)c2sc(-c3cnn4c3CN(C)CC4)cc2F)c2cc(N3CCOCC3)c(=O)n(C)c2n1. The normalized spacial score (nSPS) is 17.1. The van der Waals surface area contributed by atoms with Gasteiger partial charge in [0.05, 0.1) is 48.0 Å². The lowest BCUT2D eigenvalue weighted by atomic mass is 10.1. The molecule has 0 amide bonds. The van der Waals surface area contributed by atoms with E-state index in [0.717, 1.165) is 41.2 Å². The summed E-state index contributed by atoms with van der Waals surface area (Å²) < 4.78 is 24.4. The van der Waals surface area contributed by atoms with Crippen LogP contribution in [0, 0.1) is 12.7 Å². The summed E-state index contributed by atoms with van der Waals surface area (Å²) >= 11 is 1.43. The Hall–Kier alpha value is -3.35. The molecule has 1 fully saturated rings. The second kappa shape index (κ2) is 9.75. The minimum absolute atomic E-state index is 0.111. The first-order chi connectivity index (χ1) is 18.3. The predicted octanol–water partition coefficient (Wildman–Crippen LogP) is 3.16. The molecular weight excluding hydrogens is 507 g/mol. The number of nitrogens with one attached hydrogen (secondary N) is 1. The fraction of sp³-hybridized carbons (Fsp3) is 0.462. The average molecular weight is 539 g/mol. The van der Waals surface area contributed by atoms with Crippen LogP contribution >= 0.6 is 11.3 Å². The fourth-order valence-electron chi connectivity index (χ4n) is 5.22. The number of thiophene rings is 1. The lowest BCUT2D eigenvalue weighted by Gasteiger charge is -2.29. The third kappa shape index (κ3) is 4.36. The molecule has 38 heavy (non-hydrogen) atoms. The highest BCUT2D eigenvalue weighted by molar-refractivity contribution is 7.15. The number of nitrogens with zero attached hydrogens (tertiary/aromatic N) is 7. The number of likely N-dealkylation sites (N-methyl/N-ethyl adjacent to an activating group) is 1. The first-order valence-corrected chi connectivity index (χ1v) is 13.6. The van der Waals surface area contributed by atoms with Crippen molar-refractivity contribution < 1.29 is 9.13 Å². The van der Waals surface area contributed by atoms with Crippen molar-refractivity contribution in [2.24, 2.45) is 7.05 Å². The third-order valence-corrected chi connectivity index (χ3v) is 8.62. The van der Waals surface area contributed by atoms with Gasteiger partial charge in [0.15, 0.2) is 0 Å². The summed E-state index contributed by atoms with van der Waals surface area (Å²) in [6.45, 7) is 8.72. The number of morpholine rings is 1. The van der Waals surface area contributed by atoms with Gasteiger partial charge in [-0.15, -0.1) is 11.3 Å². The molecule has 0 radical (unpaired) electrons. The van der Waals surface area contributed by atoms with E-state index in [-0.39, 0.29) is 17.4 Å². The number of rotatable bonds is 5. The van der Waals surface area contributed by atoms with Gasteiger partial charge >= 0.3 is 0 Å². The van der Waals surface area contributed by atoms with Crippen molar-refractivity contribution in [2.75, 3.05) is 50.1 Å². The summed E-state index contributed by atoms with van der Waals surface area (Å²) in [5.41, 5.74) is 3.11. The Bertz CT molecular complexity index is 1570. The molecule has 0 aromatic carbocycles. The number of anilines is 2.